The Kier molecular flexibility index (Phi) is 7.91. The highest BCUT2D eigenvalue weighted by molar-refractivity contribution is 8.05. The van der Waals surface area contributed by atoms with E-state index in [0.717, 1.165) is 28.0 Å². The van der Waals surface area contributed by atoms with Gasteiger partial charge in [-0.2, -0.15) is 0 Å². The molecule has 36 heavy (non-hydrogen) atoms. The molecule has 2 atom stereocenters. The Morgan fingerprint density at radius 1 is 1.06 bits per heavy atom. The van der Waals surface area contributed by atoms with Crippen LogP contribution in [0, 0.1) is 24.7 Å². The number of carbonyl (C=O) groups is 1. The molecule has 0 saturated heterocycles. The van der Waals surface area contributed by atoms with Gasteiger partial charge in [-0.15, -0.1) is 11.8 Å². The van der Waals surface area contributed by atoms with Crippen molar-refractivity contribution < 1.29 is 9.90 Å². The molecule has 2 aromatic rings. The SMILES string of the molecule is Cc1ccc(C(C)N(C2=C(C(=O)O)CC(c3ccc(C#CC4=CSC=CC4C)cc3)=C2)C(C)C)cc1. The Morgan fingerprint density at radius 2 is 1.75 bits per heavy atom. The standard InChI is InChI=1S/C32H33NO2S/c1-21(2)33(24(5)26-11-6-22(3)7-12-26)31-19-29(18-30(31)32(34)35)27-13-8-25(9-14-27)10-15-28-20-36-17-16-23(28)4/h6-9,11-14,16-17,19-21,23-24H,18H2,1-5H3,(H,34,35). The van der Waals surface area contributed by atoms with Crippen LogP contribution in [0.2, 0.25) is 0 Å². The van der Waals surface area contributed by atoms with Gasteiger partial charge in [0.05, 0.1) is 11.6 Å². The number of thioether (sulfide) groups is 1. The number of nitrogens with zero attached hydrogens (tertiary/aromatic N) is 1. The van der Waals surface area contributed by atoms with Crippen LogP contribution in [0.25, 0.3) is 5.57 Å². The summed E-state index contributed by atoms with van der Waals surface area (Å²) >= 11 is 1.66. The third-order valence-corrected chi connectivity index (χ3v) is 7.50. The molecule has 1 N–H and O–H groups in total. The number of hydrogen-bond acceptors (Lipinski definition) is 3. The van der Waals surface area contributed by atoms with Crippen LogP contribution in [0.15, 0.2) is 88.3 Å². The predicted molar refractivity (Wildman–Crippen MR) is 151 cm³/mol. The molecule has 2 unspecified atom stereocenters. The summed E-state index contributed by atoms with van der Waals surface area (Å²) in [6.07, 6.45) is 4.63. The van der Waals surface area contributed by atoms with E-state index in [1.165, 1.54) is 11.1 Å². The summed E-state index contributed by atoms with van der Waals surface area (Å²) in [6, 6.07) is 16.8. The first kappa shape index (κ1) is 25.7. The zero-order valence-corrected chi connectivity index (χ0v) is 22.4. The van der Waals surface area contributed by atoms with Gasteiger partial charge in [0.2, 0.25) is 0 Å². The Bertz CT molecular complexity index is 1310. The molecule has 0 spiro atoms. The molecule has 0 fully saturated rings. The van der Waals surface area contributed by atoms with Crippen molar-refractivity contribution in [1.29, 1.82) is 0 Å². The van der Waals surface area contributed by atoms with Crippen molar-refractivity contribution in [1.82, 2.24) is 4.90 Å². The van der Waals surface area contributed by atoms with Gasteiger partial charge in [0.25, 0.3) is 0 Å². The fourth-order valence-corrected chi connectivity index (χ4v) is 5.49. The van der Waals surface area contributed by atoms with Gasteiger partial charge in [-0.25, -0.2) is 4.79 Å². The molecule has 1 aliphatic carbocycles. The molecule has 2 aliphatic rings. The van der Waals surface area contributed by atoms with Gasteiger partial charge < -0.3 is 10.0 Å². The lowest BCUT2D eigenvalue weighted by atomic mass is 10.0. The second-order valence-corrected chi connectivity index (χ2v) is 10.5. The minimum absolute atomic E-state index is 0.0488. The second-order valence-electron chi connectivity index (χ2n) is 9.76. The van der Waals surface area contributed by atoms with Crippen LogP contribution < -0.4 is 0 Å². The van der Waals surface area contributed by atoms with Gasteiger partial charge in [0, 0.05) is 35.2 Å². The Balaban J connectivity index is 1.60. The molecule has 4 rings (SSSR count). The highest BCUT2D eigenvalue weighted by atomic mass is 32.2. The topological polar surface area (TPSA) is 40.5 Å². The Morgan fingerprint density at radius 3 is 2.36 bits per heavy atom. The van der Waals surface area contributed by atoms with Crippen LogP contribution in [0.3, 0.4) is 0 Å². The molecule has 184 valence electrons. The number of carboxylic acids is 1. The maximum atomic E-state index is 12.3. The summed E-state index contributed by atoms with van der Waals surface area (Å²) in [4.78, 5) is 14.5. The van der Waals surface area contributed by atoms with E-state index in [2.05, 4.69) is 111 Å². The molecule has 0 radical (unpaired) electrons. The first-order valence-corrected chi connectivity index (χ1v) is 13.4. The van der Waals surface area contributed by atoms with Crippen LogP contribution in [0.4, 0.5) is 0 Å². The molecule has 1 aliphatic heterocycles. The molecule has 1 heterocycles. The van der Waals surface area contributed by atoms with Crippen molar-refractivity contribution >= 4 is 23.3 Å². The summed E-state index contributed by atoms with van der Waals surface area (Å²) < 4.78 is 0. The van der Waals surface area contributed by atoms with E-state index in [1.807, 2.05) is 12.1 Å². The maximum absolute atomic E-state index is 12.3. The molecule has 0 aromatic heterocycles. The van der Waals surface area contributed by atoms with Gasteiger partial charge in [0.1, 0.15) is 0 Å². The number of hydrogen-bond donors (Lipinski definition) is 1. The van der Waals surface area contributed by atoms with Crippen LogP contribution in [0.1, 0.15) is 62.4 Å². The lowest BCUT2D eigenvalue weighted by Gasteiger charge is -2.36. The van der Waals surface area contributed by atoms with E-state index in [0.29, 0.717) is 17.9 Å². The summed E-state index contributed by atoms with van der Waals surface area (Å²) in [6.45, 7) is 10.6. The lowest BCUT2D eigenvalue weighted by Crippen LogP contribution is -2.33. The van der Waals surface area contributed by atoms with Crippen molar-refractivity contribution in [3.05, 3.63) is 111 Å². The number of rotatable bonds is 6. The summed E-state index contributed by atoms with van der Waals surface area (Å²) in [7, 11) is 0. The molecule has 4 heteroatoms. The summed E-state index contributed by atoms with van der Waals surface area (Å²) in [5.74, 6) is 6.05. The highest BCUT2D eigenvalue weighted by Crippen LogP contribution is 2.39. The first-order chi connectivity index (χ1) is 17.2. The van der Waals surface area contributed by atoms with Crippen molar-refractivity contribution in [3.63, 3.8) is 0 Å². The van der Waals surface area contributed by atoms with Crippen molar-refractivity contribution in [3.8, 4) is 11.8 Å². The Hall–Kier alpha value is -3.42. The van der Waals surface area contributed by atoms with Crippen molar-refractivity contribution in [2.75, 3.05) is 0 Å². The van der Waals surface area contributed by atoms with Gasteiger partial charge in [-0.05, 0) is 73.4 Å². The third kappa shape index (κ3) is 5.69. The number of aliphatic carboxylic acids is 1. The average Bonchev–Trinajstić information content (AvgIpc) is 3.29. The molecule has 0 bridgehead atoms. The summed E-state index contributed by atoms with van der Waals surface area (Å²) in [5.41, 5.74) is 7.77. The van der Waals surface area contributed by atoms with E-state index in [4.69, 9.17) is 0 Å². The van der Waals surface area contributed by atoms with Gasteiger partial charge >= 0.3 is 5.97 Å². The molecular weight excluding hydrogens is 462 g/mol. The van der Waals surface area contributed by atoms with Crippen molar-refractivity contribution in [2.45, 2.75) is 53.1 Å². The van der Waals surface area contributed by atoms with Gasteiger partial charge in [0.15, 0.2) is 0 Å². The number of aryl methyl sites for hydroxylation is 1. The van der Waals surface area contributed by atoms with Gasteiger partial charge in [-0.3, -0.25) is 0 Å². The fraction of sp³-hybridized carbons (Fsp3) is 0.281. The Labute approximate surface area is 219 Å². The lowest BCUT2D eigenvalue weighted by molar-refractivity contribution is -0.132. The molecule has 0 saturated carbocycles. The molecule has 3 nitrogen and oxygen atoms in total. The molecular formula is C32H33NO2S. The molecule has 0 amide bonds. The number of carboxylic acid groups (broad SMARTS) is 1. The predicted octanol–water partition coefficient (Wildman–Crippen LogP) is 7.72. The average molecular weight is 496 g/mol. The van der Waals surface area contributed by atoms with Crippen LogP contribution in [0.5, 0.6) is 0 Å². The maximum Gasteiger partial charge on any atom is 0.334 e. The van der Waals surface area contributed by atoms with Crippen LogP contribution in [-0.4, -0.2) is 22.0 Å². The quantitative estimate of drug-likeness (QED) is 0.416. The largest absolute Gasteiger partial charge is 0.478 e. The van der Waals surface area contributed by atoms with E-state index in [-0.39, 0.29) is 12.1 Å². The van der Waals surface area contributed by atoms with Gasteiger partial charge in [-0.1, -0.05) is 66.8 Å². The van der Waals surface area contributed by atoms with Crippen LogP contribution >= 0.6 is 11.8 Å². The number of allylic oxidation sites excluding steroid dienone is 4. The smallest absolute Gasteiger partial charge is 0.334 e. The first-order valence-electron chi connectivity index (χ1n) is 12.4. The van der Waals surface area contributed by atoms with E-state index in [1.54, 1.807) is 11.8 Å². The van der Waals surface area contributed by atoms with E-state index >= 15 is 0 Å². The summed E-state index contributed by atoms with van der Waals surface area (Å²) in [5, 5.41) is 14.3. The zero-order chi connectivity index (χ0) is 25.8. The van der Waals surface area contributed by atoms with E-state index in [9.17, 15) is 9.90 Å². The highest BCUT2D eigenvalue weighted by Gasteiger charge is 2.30. The minimum atomic E-state index is -0.859. The zero-order valence-electron chi connectivity index (χ0n) is 21.6. The number of benzene rings is 2. The van der Waals surface area contributed by atoms with E-state index < -0.39 is 5.97 Å². The molecule has 2 aromatic carbocycles. The van der Waals surface area contributed by atoms with Crippen LogP contribution in [-0.2, 0) is 4.79 Å². The fourth-order valence-electron chi connectivity index (χ4n) is 4.67. The normalized spacial score (nSPS) is 17.9. The second kappa shape index (κ2) is 11.1. The third-order valence-electron chi connectivity index (χ3n) is 6.80. The van der Waals surface area contributed by atoms with Crippen molar-refractivity contribution in [2.24, 2.45) is 5.92 Å². The minimum Gasteiger partial charge on any atom is -0.478 e. The monoisotopic (exact) mass is 495 g/mol.